The minimum Gasteiger partial charge on any atom is -0.508 e. The summed E-state index contributed by atoms with van der Waals surface area (Å²) in [5, 5.41) is 9.26. The van der Waals surface area contributed by atoms with Crippen LogP contribution in [-0.2, 0) is 10.0 Å². The molecule has 96 valence electrons. The van der Waals surface area contributed by atoms with Gasteiger partial charge in [0.15, 0.2) is 0 Å². The van der Waals surface area contributed by atoms with Crippen LogP contribution in [-0.4, -0.2) is 19.3 Å². The topological polar surface area (TPSA) is 92.4 Å². The zero-order valence-corrected chi connectivity index (χ0v) is 10.8. The number of hydrogen-bond donors (Lipinski definition) is 3. The Labute approximate surface area is 102 Å². The Bertz CT molecular complexity index is 483. The Hall–Kier alpha value is -1.43. The Morgan fingerprint density at radius 1 is 1.41 bits per heavy atom. The fourth-order valence-electron chi connectivity index (χ4n) is 1.24. The Balaban J connectivity index is 2.79. The first-order valence-electron chi connectivity index (χ1n) is 5.39. The lowest BCUT2D eigenvalue weighted by Crippen LogP contribution is -2.18. The lowest BCUT2D eigenvalue weighted by Gasteiger charge is -2.11. The third-order valence-corrected chi connectivity index (χ3v) is 3.57. The quantitative estimate of drug-likeness (QED) is 0.554. The van der Waals surface area contributed by atoms with Crippen molar-refractivity contribution in [2.24, 2.45) is 5.92 Å². The molecule has 0 aromatic heterocycles. The third kappa shape index (κ3) is 4.52. The molecule has 17 heavy (non-hydrogen) atoms. The predicted molar refractivity (Wildman–Crippen MR) is 69.4 cm³/mol. The lowest BCUT2D eigenvalue weighted by atomic mass is 10.2. The molecule has 0 fully saturated rings. The molecule has 6 heteroatoms. The molecule has 0 saturated heterocycles. The highest BCUT2D eigenvalue weighted by atomic mass is 32.2. The van der Waals surface area contributed by atoms with E-state index in [0.29, 0.717) is 12.3 Å². The summed E-state index contributed by atoms with van der Waals surface area (Å²) in [7, 11) is -3.41. The van der Waals surface area contributed by atoms with Gasteiger partial charge in [0, 0.05) is 6.07 Å². The van der Waals surface area contributed by atoms with E-state index in [1.165, 1.54) is 18.2 Å². The van der Waals surface area contributed by atoms with Crippen molar-refractivity contribution in [3.8, 4) is 5.75 Å². The van der Waals surface area contributed by atoms with Gasteiger partial charge in [0.1, 0.15) is 5.75 Å². The summed E-state index contributed by atoms with van der Waals surface area (Å²) in [4.78, 5) is 0. The summed E-state index contributed by atoms with van der Waals surface area (Å²) >= 11 is 0. The number of hydrogen-bond acceptors (Lipinski definition) is 4. The van der Waals surface area contributed by atoms with Crippen molar-refractivity contribution in [2.45, 2.75) is 20.3 Å². The molecule has 4 N–H and O–H groups in total. The predicted octanol–water partition coefficient (Wildman–Crippen LogP) is 1.76. The summed E-state index contributed by atoms with van der Waals surface area (Å²) in [6.07, 6.45) is 0.577. The van der Waals surface area contributed by atoms with E-state index in [9.17, 15) is 13.5 Å². The fourth-order valence-corrected chi connectivity index (χ4v) is 2.64. The van der Waals surface area contributed by atoms with Crippen molar-refractivity contribution in [1.29, 1.82) is 0 Å². The number of nitrogens with one attached hydrogen (secondary N) is 1. The van der Waals surface area contributed by atoms with Gasteiger partial charge in [0.2, 0.25) is 10.0 Å². The number of sulfonamides is 1. The van der Waals surface area contributed by atoms with Crippen LogP contribution in [0.15, 0.2) is 18.2 Å². The van der Waals surface area contributed by atoms with Crippen molar-refractivity contribution < 1.29 is 13.5 Å². The monoisotopic (exact) mass is 258 g/mol. The number of phenols is 1. The van der Waals surface area contributed by atoms with Crippen LogP contribution in [0.5, 0.6) is 5.75 Å². The van der Waals surface area contributed by atoms with E-state index in [-0.39, 0.29) is 22.9 Å². The second-order valence-corrected chi connectivity index (χ2v) is 6.22. The third-order valence-electron chi connectivity index (χ3n) is 2.27. The number of nitrogens with two attached hydrogens (primary N) is 1. The highest BCUT2D eigenvalue weighted by Crippen LogP contribution is 2.24. The minimum atomic E-state index is -3.41. The molecule has 0 unspecified atom stereocenters. The van der Waals surface area contributed by atoms with Gasteiger partial charge in [0.25, 0.3) is 0 Å². The first-order valence-corrected chi connectivity index (χ1v) is 7.04. The van der Waals surface area contributed by atoms with E-state index in [1.54, 1.807) is 0 Å². The number of benzene rings is 1. The summed E-state index contributed by atoms with van der Waals surface area (Å²) in [6, 6.07) is 4.15. The van der Waals surface area contributed by atoms with Gasteiger partial charge in [-0.1, -0.05) is 13.8 Å². The standard InChI is InChI=1S/C11H18N2O3S/c1-8(2)5-6-17(15,16)13-11-7-9(14)3-4-10(11)12/h3-4,7-8,13-14H,5-6,12H2,1-2H3. The van der Waals surface area contributed by atoms with Crippen LogP contribution >= 0.6 is 0 Å². The van der Waals surface area contributed by atoms with E-state index in [1.807, 2.05) is 13.8 Å². The molecule has 0 amide bonds. The molecule has 0 heterocycles. The molecular formula is C11H18N2O3S. The zero-order valence-electron chi connectivity index (χ0n) is 9.97. The summed E-state index contributed by atoms with van der Waals surface area (Å²) in [5.74, 6) is 0.327. The molecule has 0 aliphatic carbocycles. The molecule has 1 aromatic rings. The number of nitrogen functional groups attached to an aromatic ring is 1. The Morgan fingerprint density at radius 2 is 2.06 bits per heavy atom. The maximum absolute atomic E-state index is 11.7. The van der Waals surface area contributed by atoms with Gasteiger partial charge in [0.05, 0.1) is 17.1 Å². The molecule has 1 aromatic carbocycles. The van der Waals surface area contributed by atoms with E-state index >= 15 is 0 Å². The van der Waals surface area contributed by atoms with Crippen molar-refractivity contribution in [3.63, 3.8) is 0 Å². The second kappa shape index (κ2) is 5.27. The molecule has 0 bridgehead atoms. The maximum atomic E-state index is 11.7. The van der Waals surface area contributed by atoms with Crippen molar-refractivity contribution in [1.82, 2.24) is 0 Å². The fraction of sp³-hybridized carbons (Fsp3) is 0.455. The largest absolute Gasteiger partial charge is 0.508 e. The minimum absolute atomic E-state index is 0.0271. The van der Waals surface area contributed by atoms with E-state index in [2.05, 4.69) is 4.72 Å². The van der Waals surface area contributed by atoms with Gasteiger partial charge in [-0.05, 0) is 24.5 Å². The number of rotatable bonds is 5. The summed E-state index contributed by atoms with van der Waals surface area (Å²) in [5.41, 5.74) is 6.12. The van der Waals surface area contributed by atoms with Crippen LogP contribution in [0.1, 0.15) is 20.3 Å². The van der Waals surface area contributed by atoms with Crippen LogP contribution in [0, 0.1) is 5.92 Å². The van der Waals surface area contributed by atoms with Crippen LogP contribution in [0.3, 0.4) is 0 Å². The summed E-state index contributed by atoms with van der Waals surface area (Å²) in [6.45, 7) is 3.91. The SMILES string of the molecule is CC(C)CCS(=O)(=O)Nc1cc(O)ccc1N. The van der Waals surface area contributed by atoms with Crippen LogP contribution in [0.25, 0.3) is 0 Å². The number of aromatic hydroxyl groups is 1. The molecule has 0 atom stereocenters. The molecule has 5 nitrogen and oxygen atoms in total. The molecule has 0 aliphatic heterocycles. The smallest absolute Gasteiger partial charge is 0.232 e. The van der Waals surface area contributed by atoms with Crippen molar-refractivity contribution in [3.05, 3.63) is 18.2 Å². The van der Waals surface area contributed by atoms with Gasteiger partial charge in [-0.25, -0.2) is 8.42 Å². The zero-order chi connectivity index (χ0) is 13.1. The Morgan fingerprint density at radius 3 is 2.65 bits per heavy atom. The first kappa shape index (κ1) is 13.6. The normalized spacial score (nSPS) is 11.7. The van der Waals surface area contributed by atoms with E-state index < -0.39 is 10.0 Å². The van der Waals surface area contributed by atoms with Crippen molar-refractivity contribution in [2.75, 3.05) is 16.2 Å². The van der Waals surface area contributed by atoms with Crippen LogP contribution in [0.2, 0.25) is 0 Å². The van der Waals surface area contributed by atoms with Gasteiger partial charge in [-0.2, -0.15) is 0 Å². The Kier molecular flexibility index (Phi) is 4.22. The average molecular weight is 258 g/mol. The second-order valence-electron chi connectivity index (χ2n) is 4.38. The molecule has 1 rings (SSSR count). The maximum Gasteiger partial charge on any atom is 0.232 e. The lowest BCUT2D eigenvalue weighted by molar-refractivity contribution is 0.476. The van der Waals surface area contributed by atoms with E-state index in [0.717, 1.165) is 0 Å². The summed E-state index contributed by atoms with van der Waals surface area (Å²) < 4.78 is 25.8. The van der Waals surface area contributed by atoms with Gasteiger partial charge in [-0.15, -0.1) is 0 Å². The highest BCUT2D eigenvalue weighted by molar-refractivity contribution is 7.92. The number of phenolic OH excluding ortho intramolecular Hbond substituents is 1. The van der Waals surface area contributed by atoms with Crippen molar-refractivity contribution >= 4 is 21.4 Å². The molecular weight excluding hydrogens is 240 g/mol. The van der Waals surface area contributed by atoms with Crippen LogP contribution in [0.4, 0.5) is 11.4 Å². The molecule has 0 aliphatic rings. The first-order chi connectivity index (χ1) is 7.80. The highest BCUT2D eigenvalue weighted by Gasteiger charge is 2.13. The van der Waals surface area contributed by atoms with Crippen LogP contribution < -0.4 is 10.5 Å². The number of anilines is 2. The average Bonchev–Trinajstić information content (AvgIpc) is 2.20. The van der Waals surface area contributed by atoms with Gasteiger partial charge in [-0.3, -0.25) is 4.72 Å². The van der Waals surface area contributed by atoms with E-state index in [4.69, 9.17) is 5.73 Å². The molecule has 0 radical (unpaired) electrons. The van der Waals surface area contributed by atoms with Gasteiger partial charge >= 0.3 is 0 Å². The molecule has 0 saturated carbocycles. The van der Waals surface area contributed by atoms with Gasteiger partial charge < -0.3 is 10.8 Å². The molecule has 0 spiro atoms.